The number of nitrogens with zero attached hydrogens (tertiary/aromatic N) is 2. The minimum absolute atomic E-state index is 0.899. The lowest BCUT2D eigenvalue weighted by Crippen LogP contribution is -1.88. The van der Waals surface area contributed by atoms with Gasteiger partial charge in [0.1, 0.15) is 12.1 Å². The molecule has 2 rings (SSSR count). The molecule has 2 aliphatic rings. The molecule has 0 aromatic rings. The van der Waals surface area contributed by atoms with Crippen molar-refractivity contribution in [3.8, 4) is 0 Å². The van der Waals surface area contributed by atoms with Gasteiger partial charge in [0.2, 0.25) is 0 Å². The van der Waals surface area contributed by atoms with Gasteiger partial charge in [0.05, 0.1) is 0 Å². The van der Waals surface area contributed by atoms with Gasteiger partial charge >= 0.3 is 0 Å². The molecule has 0 spiro atoms. The van der Waals surface area contributed by atoms with E-state index in [9.17, 15) is 0 Å². The summed E-state index contributed by atoms with van der Waals surface area (Å²) in [6.45, 7) is 0. The van der Waals surface area contributed by atoms with Gasteiger partial charge < -0.3 is 0 Å². The lowest BCUT2D eigenvalue weighted by molar-refractivity contribution is 0.948. The van der Waals surface area contributed by atoms with Gasteiger partial charge in [-0.15, -0.1) is 0 Å². The monoisotopic (exact) mass is 156 g/mol. The Labute approximate surface area is 74.5 Å². The van der Waals surface area contributed by atoms with Crippen LogP contribution in [0.15, 0.2) is 10.2 Å². The summed E-state index contributed by atoms with van der Waals surface area (Å²) in [5, 5.41) is 8.07. The van der Waals surface area contributed by atoms with Crippen LogP contribution in [-0.4, -0.2) is 0 Å². The second-order valence-corrected chi connectivity index (χ2v) is 2.49. The largest absolute Gasteiger partial charge is 0.183 e. The molecule has 0 amide bonds. The number of azo groups is 1. The predicted octanol–water partition coefficient (Wildman–Crippen LogP) is 2.16. The zero-order valence-electron chi connectivity index (χ0n) is 6.51. The van der Waals surface area contributed by atoms with Gasteiger partial charge in [-0.05, 0) is 51.4 Å². The van der Waals surface area contributed by atoms with E-state index in [1.54, 1.807) is 0 Å². The van der Waals surface area contributed by atoms with Gasteiger partial charge in [-0.1, -0.05) is 0 Å². The van der Waals surface area contributed by atoms with Crippen molar-refractivity contribution in [1.82, 2.24) is 0 Å². The molecule has 2 aliphatic carbocycles. The van der Waals surface area contributed by atoms with E-state index in [-0.39, 0.29) is 0 Å². The third kappa shape index (κ3) is 2.05. The second-order valence-electron chi connectivity index (χ2n) is 2.49. The van der Waals surface area contributed by atoms with Crippen LogP contribution in [0, 0.1) is 63.5 Å². The topological polar surface area (TPSA) is 24.7 Å². The van der Waals surface area contributed by atoms with E-state index in [0.29, 0.717) is 0 Å². The summed E-state index contributed by atoms with van der Waals surface area (Å²) >= 11 is 0. The Morgan fingerprint density at radius 3 is 1.25 bits per heavy atom. The molecule has 2 saturated carbocycles. The summed E-state index contributed by atoms with van der Waals surface area (Å²) in [4.78, 5) is 0. The first-order valence-electron chi connectivity index (χ1n) is 3.80. The lowest BCUT2D eigenvalue weighted by Gasteiger charge is -1.99. The fourth-order valence-corrected chi connectivity index (χ4v) is 0.976. The maximum atomic E-state index is 4.03. The Morgan fingerprint density at radius 1 is 0.583 bits per heavy atom. The summed E-state index contributed by atoms with van der Waals surface area (Å²) in [5.74, 6) is 0. The van der Waals surface area contributed by atoms with Crippen LogP contribution in [0.1, 0.15) is 0 Å². The average molecular weight is 156 g/mol. The number of hydrogen-bond acceptors (Lipinski definition) is 2. The van der Waals surface area contributed by atoms with Crippen LogP contribution in [0.4, 0.5) is 0 Å². The van der Waals surface area contributed by atoms with E-state index >= 15 is 0 Å². The predicted molar refractivity (Wildman–Crippen MR) is 45.7 cm³/mol. The quantitative estimate of drug-likeness (QED) is 0.547. The van der Waals surface area contributed by atoms with Gasteiger partial charge in [0.25, 0.3) is 0 Å². The molecule has 0 heterocycles. The summed E-state index contributed by atoms with van der Waals surface area (Å²) in [7, 11) is 0. The minimum atomic E-state index is 0.899. The van der Waals surface area contributed by atoms with Crippen LogP contribution in [0.25, 0.3) is 0 Å². The molecular formula is C10H8N2. The Morgan fingerprint density at radius 2 is 0.917 bits per heavy atom. The molecule has 0 aromatic heterocycles. The zero-order chi connectivity index (χ0) is 8.23. The maximum Gasteiger partial charge on any atom is 0.116 e. The Balaban J connectivity index is 1.75. The van der Waals surface area contributed by atoms with E-state index in [4.69, 9.17) is 0 Å². The van der Waals surface area contributed by atoms with Crippen molar-refractivity contribution in [1.29, 1.82) is 0 Å². The van der Waals surface area contributed by atoms with E-state index in [1.165, 1.54) is 0 Å². The average Bonchev–Trinajstić information content (AvgIpc) is 2.74. The zero-order valence-corrected chi connectivity index (χ0v) is 6.51. The fraction of sp³-hybridized carbons (Fsp3) is 0. The van der Waals surface area contributed by atoms with Crippen molar-refractivity contribution in [2.75, 3.05) is 0 Å². The summed E-state index contributed by atoms with van der Waals surface area (Å²) in [6.07, 6.45) is 15.5. The molecule has 0 saturated heterocycles. The molecule has 0 aromatic carbocycles. The Bertz CT molecular complexity index is 135. The van der Waals surface area contributed by atoms with Crippen molar-refractivity contribution < 1.29 is 0 Å². The van der Waals surface area contributed by atoms with Gasteiger partial charge in [-0.2, -0.15) is 10.2 Å². The highest BCUT2D eigenvalue weighted by atomic mass is 15.1. The van der Waals surface area contributed by atoms with E-state index in [2.05, 4.69) is 10.2 Å². The molecule has 58 valence electrons. The van der Waals surface area contributed by atoms with Gasteiger partial charge in [-0.25, -0.2) is 0 Å². The van der Waals surface area contributed by atoms with Crippen LogP contribution in [0.3, 0.4) is 0 Å². The first-order chi connectivity index (χ1) is 5.95. The van der Waals surface area contributed by atoms with Gasteiger partial charge in [0, 0.05) is 0 Å². The highest BCUT2D eigenvalue weighted by Crippen LogP contribution is 2.28. The first-order valence-corrected chi connectivity index (χ1v) is 3.80. The summed E-state index contributed by atoms with van der Waals surface area (Å²) < 4.78 is 0. The molecule has 2 nitrogen and oxygen atoms in total. The number of hydrogen-bond donors (Lipinski definition) is 0. The lowest BCUT2D eigenvalue weighted by atomic mass is 10.3. The highest BCUT2D eigenvalue weighted by Gasteiger charge is 2.19. The summed E-state index contributed by atoms with van der Waals surface area (Å²) in [6, 6.07) is 1.80. The maximum absolute atomic E-state index is 4.03. The summed E-state index contributed by atoms with van der Waals surface area (Å²) in [5.41, 5.74) is 0. The van der Waals surface area contributed by atoms with Gasteiger partial charge in [0.15, 0.2) is 0 Å². The molecule has 0 N–H and O–H groups in total. The Hall–Kier alpha value is -0.400. The van der Waals surface area contributed by atoms with E-state index in [1.807, 2.05) is 51.4 Å². The molecule has 0 unspecified atom stereocenters. The standard InChI is InChI=1S/C10H8N2/c1-2-6-9(5-1)11-12-10-7-3-4-8-10/h1-8H. The molecule has 0 aliphatic heterocycles. The van der Waals surface area contributed by atoms with Crippen LogP contribution in [0.5, 0.6) is 0 Å². The van der Waals surface area contributed by atoms with Crippen molar-refractivity contribution >= 4 is 0 Å². The van der Waals surface area contributed by atoms with Crippen molar-refractivity contribution in [2.24, 2.45) is 10.2 Å². The second kappa shape index (κ2) is 4.01. The van der Waals surface area contributed by atoms with Crippen LogP contribution in [0.2, 0.25) is 0 Å². The SMILES string of the molecule is [CH]1[CH][CH][C](N=N[C]2[CH][CH][CH][CH]2)[CH]1. The molecule has 2 fully saturated rings. The van der Waals surface area contributed by atoms with Crippen LogP contribution in [-0.2, 0) is 0 Å². The van der Waals surface area contributed by atoms with Crippen molar-refractivity contribution in [3.63, 3.8) is 0 Å². The smallest absolute Gasteiger partial charge is 0.116 e. The third-order valence-electron chi connectivity index (χ3n) is 1.57. The van der Waals surface area contributed by atoms with E-state index in [0.717, 1.165) is 12.1 Å². The number of rotatable bonds is 2. The molecular weight excluding hydrogens is 148 g/mol. The van der Waals surface area contributed by atoms with Crippen LogP contribution >= 0.6 is 0 Å². The molecule has 2 heteroatoms. The fourth-order valence-electron chi connectivity index (χ4n) is 0.976. The molecule has 12 heavy (non-hydrogen) atoms. The molecule has 10 radical (unpaired) electrons. The van der Waals surface area contributed by atoms with Gasteiger partial charge in [-0.3, -0.25) is 0 Å². The normalized spacial score (nSPS) is 27.7. The van der Waals surface area contributed by atoms with Crippen molar-refractivity contribution in [2.45, 2.75) is 0 Å². The molecule has 0 atom stereocenters. The Kier molecular flexibility index (Phi) is 2.75. The first kappa shape index (κ1) is 8.21. The third-order valence-corrected chi connectivity index (χ3v) is 1.57. The van der Waals surface area contributed by atoms with E-state index < -0.39 is 0 Å². The van der Waals surface area contributed by atoms with Crippen LogP contribution < -0.4 is 0 Å². The highest BCUT2D eigenvalue weighted by molar-refractivity contribution is 5.36. The molecule has 0 bridgehead atoms. The minimum Gasteiger partial charge on any atom is -0.183 e. The van der Waals surface area contributed by atoms with Crippen molar-refractivity contribution in [3.05, 3.63) is 63.5 Å².